The molecule has 4 rings (SSSR count). The summed E-state index contributed by atoms with van der Waals surface area (Å²) in [5.74, 6) is 0.946. The van der Waals surface area contributed by atoms with Gasteiger partial charge in [-0.15, -0.1) is 0 Å². The van der Waals surface area contributed by atoms with Gasteiger partial charge in [0.05, 0.1) is 7.11 Å². The second-order valence-electron chi connectivity index (χ2n) is 6.74. The molecule has 3 nitrogen and oxygen atoms in total. The highest BCUT2D eigenvalue weighted by Gasteiger charge is 2.24. The number of hydrogen-bond donors (Lipinski definition) is 0. The van der Waals surface area contributed by atoms with Gasteiger partial charge < -0.3 is 4.74 Å². The molecule has 1 atom stereocenters. The van der Waals surface area contributed by atoms with Gasteiger partial charge in [-0.3, -0.25) is 9.88 Å². The lowest BCUT2D eigenvalue weighted by Crippen LogP contribution is -2.33. The number of methoxy groups -OCH3 is 1. The third kappa shape index (κ3) is 3.24. The first kappa shape index (κ1) is 16.1. The normalized spacial score (nSPS) is 18.4. The van der Waals surface area contributed by atoms with Crippen molar-refractivity contribution in [3.63, 3.8) is 0 Å². The van der Waals surface area contributed by atoms with Gasteiger partial charge in [0.1, 0.15) is 5.75 Å². The minimum Gasteiger partial charge on any atom is -0.496 e. The molecule has 1 aliphatic rings. The molecule has 2 aromatic carbocycles. The van der Waals surface area contributed by atoms with Crippen LogP contribution < -0.4 is 4.74 Å². The van der Waals surface area contributed by atoms with E-state index in [4.69, 9.17) is 4.74 Å². The van der Waals surface area contributed by atoms with Crippen LogP contribution in [0.4, 0.5) is 0 Å². The van der Waals surface area contributed by atoms with Crippen molar-refractivity contribution in [2.45, 2.75) is 31.8 Å². The Hall–Kier alpha value is -2.39. The molecule has 1 aromatic heterocycles. The number of fused-ring (bicyclic) bond motifs is 1. The van der Waals surface area contributed by atoms with E-state index in [0.717, 1.165) is 18.8 Å². The standard InChI is InChI=1S/C22H24N2O/c1-25-22-12-11-18(19-8-2-3-9-20(19)22)16-24-14-5-4-10-21(24)17-7-6-13-23-15-17/h2-3,6-9,11-13,15,21H,4-5,10,14,16H2,1H3/t21-/m1/s1. The summed E-state index contributed by atoms with van der Waals surface area (Å²) in [7, 11) is 1.74. The Morgan fingerprint density at radius 2 is 1.92 bits per heavy atom. The molecule has 0 N–H and O–H groups in total. The number of rotatable bonds is 4. The molecule has 0 amide bonds. The summed E-state index contributed by atoms with van der Waals surface area (Å²) in [6.07, 6.45) is 7.65. The highest BCUT2D eigenvalue weighted by molar-refractivity contribution is 5.91. The van der Waals surface area contributed by atoms with E-state index < -0.39 is 0 Å². The summed E-state index contributed by atoms with van der Waals surface area (Å²) in [5.41, 5.74) is 2.70. The third-order valence-corrected chi connectivity index (χ3v) is 5.25. The maximum Gasteiger partial charge on any atom is 0.126 e. The topological polar surface area (TPSA) is 25.4 Å². The monoisotopic (exact) mass is 332 g/mol. The fourth-order valence-electron chi connectivity index (χ4n) is 4.00. The van der Waals surface area contributed by atoms with Crippen LogP contribution in [-0.4, -0.2) is 23.5 Å². The molecule has 0 spiro atoms. The van der Waals surface area contributed by atoms with Crippen molar-refractivity contribution in [1.29, 1.82) is 0 Å². The minimum atomic E-state index is 0.461. The molecule has 2 heterocycles. The van der Waals surface area contributed by atoms with Gasteiger partial charge in [-0.05, 0) is 48.0 Å². The second-order valence-corrected chi connectivity index (χ2v) is 6.74. The van der Waals surface area contributed by atoms with Crippen LogP contribution in [0.3, 0.4) is 0 Å². The molecular weight excluding hydrogens is 308 g/mol. The van der Waals surface area contributed by atoms with Crippen LogP contribution >= 0.6 is 0 Å². The molecule has 0 aliphatic carbocycles. The molecule has 0 saturated carbocycles. The maximum atomic E-state index is 5.54. The number of benzene rings is 2. The summed E-state index contributed by atoms with van der Waals surface area (Å²) in [6.45, 7) is 2.10. The van der Waals surface area contributed by atoms with Crippen LogP contribution in [-0.2, 0) is 6.54 Å². The van der Waals surface area contributed by atoms with Crippen molar-refractivity contribution in [2.75, 3.05) is 13.7 Å². The van der Waals surface area contributed by atoms with E-state index in [0.29, 0.717) is 6.04 Å². The van der Waals surface area contributed by atoms with Crippen LogP contribution in [0.2, 0.25) is 0 Å². The number of nitrogens with zero attached hydrogens (tertiary/aromatic N) is 2. The predicted molar refractivity (Wildman–Crippen MR) is 102 cm³/mol. The lowest BCUT2D eigenvalue weighted by molar-refractivity contribution is 0.140. The molecule has 0 unspecified atom stereocenters. The number of piperidine rings is 1. The Labute approximate surface area is 149 Å². The Morgan fingerprint density at radius 1 is 1.04 bits per heavy atom. The lowest BCUT2D eigenvalue weighted by Gasteiger charge is -2.36. The van der Waals surface area contributed by atoms with Crippen LogP contribution in [0.15, 0.2) is 60.9 Å². The van der Waals surface area contributed by atoms with Gasteiger partial charge in [-0.25, -0.2) is 0 Å². The van der Waals surface area contributed by atoms with Gasteiger partial charge in [0.2, 0.25) is 0 Å². The summed E-state index contributed by atoms with van der Waals surface area (Å²) in [6, 6.07) is 17.6. The van der Waals surface area contributed by atoms with Crippen molar-refractivity contribution < 1.29 is 4.74 Å². The van der Waals surface area contributed by atoms with Crippen molar-refractivity contribution in [1.82, 2.24) is 9.88 Å². The van der Waals surface area contributed by atoms with Gasteiger partial charge in [0, 0.05) is 30.4 Å². The summed E-state index contributed by atoms with van der Waals surface area (Å²) < 4.78 is 5.54. The molecule has 128 valence electrons. The molecular formula is C22H24N2O. The number of ether oxygens (including phenoxy) is 1. The average Bonchev–Trinajstić information content (AvgIpc) is 2.69. The quantitative estimate of drug-likeness (QED) is 0.674. The van der Waals surface area contributed by atoms with Gasteiger partial charge in [-0.2, -0.15) is 0 Å². The Kier molecular flexibility index (Phi) is 4.66. The summed E-state index contributed by atoms with van der Waals surface area (Å²) in [4.78, 5) is 6.94. The molecule has 0 radical (unpaired) electrons. The van der Waals surface area contributed by atoms with E-state index in [2.05, 4.69) is 52.3 Å². The Morgan fingerprint density at radius 3 is 2.72 bits per heavy atom. The first-order valence-electron chi connectivity index (χ1n) is 9.05. The minimum absolute atomic E-state index is 0.461. The van der Waals surface area contributed by atoms with Crippen molar-refractivity contribution in [3.8, 4) is 5.75 Å². The summed E-state index contributed by atoms with van der Waals surface area (Å²) >= 11 is 0. The zero-order chi connectivity index (χ0) is 17.1. The van der Waals surface area contributed by atoms with Crippen molar-refractivity contribution >= 4 is 10.8 Å². The van der Waals surface area contributed by atoms with E-state index in [9.17, 15) is 0 Å². The van der Waals surface area contributed by atoms with Gasteiger partial charge in [0.15, 0.2) is 0 Å². The van der Waals surface area contributed by atoms with Crippen LogP contribution in [0.25, 0.3) is 10.8 Å². The largest absolute Gasteiger partial charge is 0.496 e. The van der Waals surface area contributed by atoms with Crippen LogP contribution in [0.1, 0.15) is 36.4 Å². The Balaban J connectivity index is 1.68. The second kappa shape index (κ2) is 7.24. The van der Waals surface area contributed by atoms with Gasteiger partial charge in [0.25, 0.3) is 0 Å². The fourth-order valence-corrected chi connectivity index (χ4v) is 4.00. The molecule has 3 heteroatoms. The van der Waals surface area contributed by atoms with E-state index in [1.165, 1.54) is 41.2 Å². The van der Waals surface area contributed by atoms with Gasteiger partial charge >= 0.3 is 0 Å². The molecule has 25 heavy (non-hydrogen) atoms. The molecule has 1 aliphatic heterocycles. The zero-order valence-corrected chi connectivity index (χ0v) is 14.7. The molecule has 1 fully saturated rings. The van der Waals surface area contributed by atoms with E-state index in [-0.39, 0.29) is 0 Å². The predicted octanol–water partition coefficient (Wildman–Crippen LogP) is 4.97. The molecule has 3 aromatic rings. The van der Waals surface area contributed by atoms with E-state index in [1.54, 1.807) is 7.11 Å². The third-order valence-electron chi connectivity index (χ3n) is 5.25. The van der Waals surface area contributed by atoms with E-state index in [1.807, 2.05) is 18.5 Å². The smallest absolute Gasteiger partial charge is 0.126 e. The van der Waals surface area contributed by atoms with Crippen molar-refractivity contribution in [3.05, 3.63) is 72.1 Å². The van der Waals surface area contributed by atoms with Crippen LogP contribution in [0, 0.1) is 0 Å². The number of pyridine rings is 1. The SMILES string of the molecule is COc1ccc(CN2CCCC[C@@H]2c2cccnc2)c2ccccc12. The average molecular weight is 332 g/mol. The number of aromatic nitrogens is 1. The first-order chi connectivity index (χ1) is 12.4. The van der Waals surface area contributed by atoms with E-state index >= 15 is 0 Å². The zero-order valence-electron chi connectivity index (χ0n) is 14.7. The fraction of sp³-hybridized carbons (Fsp3) is 0.318. The van der Waals surface area contributed by atoms with Crippen molar-refractivity contribution in [2.24, 2.45) is 0 Å². The number of hydrogen-bond acceptors (Lipinski definition) is 3. The number of likely N-dealkylation sites (tertiary alicyclic amines) is 1. The highest BCUT2D eigenvalue weighted by Crippen LogP contribution is 2.34. The maximum absolute atomic E-state index is 5.54. The molecule has 0 bridgehead atoms. The molecule has 1 saturated heterocycles. The highest BCUT2D eigenvalue weighted by atomic mass is 16.5. The first-order valence-corrected chi connectivity index (χ1v) is 9.05. The Bertz CT molecular complexity index is 847. The van der Waals surface area contributed by atoms with Crippen LogP contribution in [0.5, 0.6) is 5.75 Å². The lowest BCUT2D eigenvalue weighted by atomic mass is 9.95. The van der Waals surface area contributed by atoms with Gasteiger partial charge in [-0.1, -0.05) is 42.8 Å². The summed E-state index contributed by atoms with van der Waals surface area (Å²) in [5, 5.41) is 2.48.